The fourth-order valence-electron chi connectivity index (χ4n) is 3.26. The van der Waals surface area contributed by atoms with Crippen molar-refractivity contribution < 1.29 is 19.4 Å². The van der Waals surface area contributed by atoms with Crippen LogP contribution in [-0.4, -0.2) is 24.3 Å². The number of carboxylic acids is 1. The second-order valence-corrected chi connectivity index (χ2v) is 5.80. The molecule has 1 aliphatic heterocycles. The summed E-state index contributed by atoms with van der Waals surface area (Å²) in [5.41, 5.74) is -0.343. The molecule has 0 atom stereocenters. The highest BCUT2D eigenvalue weighted by molar-refractivity contribution is 6.32. The largest absolute Gasteiger partial charge is 0.486 e. The van der Waals surface area contributed by atoms with Crippen LogP contribution in [0.5, 0.6) is 11.5 Å². The molecule has 1 fully saturated rings. The Balaban J connectivity index is 2.18. The summed E-state index contributed by atoms with van der Waals surface area (Å²) in [4.78, 5) is 12.0. The fourth-order valence-corrected chi connectivity index (χ4v) is 3.59. The third kappa shape index (κ3) is 2.03. The molecule has 108 valence electrons. The number of hydrogen-bond donors (Lipinski definition) is 1. The van der Waals surface area contributed by atoms with E-state index in [1.807, 2.05) is 0 Å². The molecule has 0 bridgehead atoms. The van der Waals surface area contributed by atoms with Gasteiger partial charge in [-0.3, -0.25) is 4.79 Å². The average molecular weight is 297 g/mol. The maximum Gasteiger partial charge on any atom is 0.314 e. The van der Waals surface area contributed by atoms with E-state index >= 15 is 0 Å². The first-order valence-corrected chi connectivity index (χ1v) is 7.35. The highest BCUT2D eigenvalue weighted by Crippen LogP contribution is 2.50. The fraction of sp³-hybridized carbons (Fsp3) is 0.533. The van der Waals surface area contributed by atoms with E-state index in [4.69, 9.17) is 21.1 Å². The lowest BCUT2D eigenvalue weighted by molar-refractivity contribution is -0.145. The van der Waals surface area contributed by atoms with Crippen LogP contribution >= 0.6 is 11.6 Å². The van der Waals surface area contributed by atoms with Gasteiger partial charge in [0.05, 0.1) is 5.41 Å². The van der Waals surface area contributed by atoms with Crippen LogP contribution in [0.4, 0.5) is 0 Å². The molecule has 0 aromatic heterocycles. The Morgan fingerprint density at radius 2 is 1.85 bits per heavy atom. The molecule has 0 saturated heterocycles. The van der Waals surface area contributed by atoms with Gasteiger partial charge in [0, 0.05) is 10.6 Å². The van der Waals surface area contributed by atoms with Crippen molar-refractivity contribution in [3.63, 3.8) is 0 Å². The summed E-state index contributed by atoms with van der Waals surface area (Å²) in [6.07, 6.45) is 4.06. The number of hydrogen-bond acceptors (Lipinski definition) is 3. The Morgan fingerprint density at radius 3 is 2.55 bits per heavy atom. The number of ether oxygens (including phenoxy) is 2. The zero-order valence-corrected chi connectivity index (χ0v) is 11.9. The molecule has 0 amide bonds. The lowest BCUT2D eigenvalue weighted by Gasteiger charge is -2.36. The minimum Gasteiger partial charge on any atom is -0.486 e. The van der Waals surface area contributed by atoms with E-state index in [1.165, 1.54) is 0 Å². The second kappa shape index (κ2) is 5.17. The number of fused-ring (bicyclic) bond motifs is 1. The minimum absolute atomic E-state index is 0.427. The number of benzene rings is 1. The van der Waals surface area contributed by atoms with E-state index in [9.17, 15) is 9.90 Å². The van der Waals surface area contributed by atoms with Crippen LogP contribution in [0.1, 0.15) is 37.7 Å². The summed E-state index contributed by atoms with van der Waals surface area (Å²) < 4.78 is 11.2. The normalized spacial score (nSPS) is 20.4. The van der Waals surface area contributed by atoms with Gasteiger partial charge in [-0.25, -0.2) is 0 Å². The maximum atomic E-state index is 12.0. The van der Waals surface area contributed by atoms with Crippen LogP contribution in [-0.2, 0) is 10.2 Å². The van der Waals surface area contributed by atoms with Crippen molar-refractivity contribution in [1.29, 1.82) is 0 Å². The number of halogens is 1. The number of carbonyl (C=O) groups is 1. The van der Waals surface area contributed by atoms with Gasteiger partial charge in [0.2, 0.25) is 0 Å². The monoisotopic (exact) mass is 296 g/mol. The van der Waals surface area contributed by atoms with E-state index in [1.54, 1.807) is 12.1 Å². The van der Waals surface area contributed by atoms with Gasteiger partial charge in [-0.1, -0.05) is 30.9 Å². The smallest absolute Gasteiger partial charge is 0.314 e. The Kier molecular flexibility index (Phi) is 3.50. The Bertz CT molecular complexity index is 535. The number of rotatable bonds is 2. The first-order chi connectivity index (χ1) is 9.65. The quantitative estimate of drug-likeness (QED) is 0.909. The Morgan fingerprint density at radius 1 is 1.15 bits per heavy atom. The lowest BCUT2D eigenvalue weighted by atomic mass is 9.69. The Labute approximate surface area is 122 Å². The molecule has 1 aromatic rings. The van der Waals surface area contributed by atoms with Crippen molar-refractivity contribution in [2.75, 3.05) is 13.2 Å². The van der Waals surface area contributed by atoms with Crippen molar-refractivity contribution in [3.8, 4) is 11.5 Å². The van der Waals surface area contributed by atoms with Crippen LogP contribution in [0.25, 0.3) is 0 Å². The summed E-state index contributed by atoms with van der Waals surface area (Å²) in [7, 11) is 0. The summed E-state index contributed by atoms with van der Waals surface area (Å²) in [5, 5.41) is 10.3. The van der Waals surface area contributed by atoms with Gasteiger partial charge < -0.3 is 14.6 Å². The summed E-state index contributed by atoms with van der Waals surface area (Å²) >= 11 is 6.33. The van der Waals surface area contributed by atoms with Gasteiger partial charge in [-0.05, 0) is 25.0 Å². The predicted octanol–water partition coefficient (Wildman–Crippen LogP) is 3.40. The highest BCUT2D eigenvalue weighted by atomic mass is 35.5. The van der Waals surface area contributed by atoms with Crippen LogP contribution in [0, 0.1) is 0 Å². The number of carboxylic acid groups (broad SMARTS) is 1. The van der Waals surface area contributed by atoms with Gasteiger partial charge in [-0.2, -0.15) is 0 Å². The predicted molar refractivity (Wildman–Crippen MR) is 74.8 cm³/mol. The molecule has 3 rings (SSSR count). The summed E-state index contributed by atoms with van der Waals surface area (Å²) in [5.74, 6) is 0.302. The first-order valence-electron chi connectivity index (χ1n) is 6.97. The molecule has 1 aromatic carbocycles. The molecule has 4 nitrogen and oxygen atoms in total. The summed E-state index contributed by atoms with van der Waals surface area (Å²) in [6, 6.07) is 3.46. The molecule has 0 unspecified atom stereocenters. The molecular weight excluding hydrogens is 280 g/mol. The molecule has 5 heteroatoms. The van der Waals surface area contributed by atoms with Gasteiger partial charge in [0.1, 0.15) is 13.2 Å². The van der Waals surface area contributed by atoms with Crippen LogP contribution in [0.3, 0.4) is 0 Å². The molecule has 0 spiro atoms. The molecule has 1 aliphatic carbocycles. The van der Waals surface area contributed by atoms with Crippen LogP contribution in [0.2, 0.25) is 5.02 Å². The molecule has 1 saturated carbocycles. The van der Waals surface area contributed by atoms with Crippen molar-refractivity contribution in [2.24, 2.45) is 0 Å². The molecule has 2 aliphatic rings. The highest BCUT2D eigenvalue weighted by Gasteiger charge is 2.46. The third-order valence-corrected chi connectivity index (χ3v) is 4.57. The van der Waals surface area contributed by atoms with Gasteiger partial charge in [-0.15, -0.1) is 0 Å². The van der Waals surface area contributed by atoms with E-state index in [2.05, 4.69) is 0 Å². The van der Waals surface area contributed by atoms with Crippen molar-refractivity contribution in [2.45, 2.75) is 37.5 Å². The van der Waals surface area contributed by atoms with Crippen LogP contribution in [0.15, 0.2) is 12.1 Å². The second-order valence-electron chi connectivity index (χ2n) is 5.39. The summed E-state index contributed by atoms with van der Waals surface area (Å²) in [6.45, 7) is 0.907. The van der Waals surface area contributed by atoms with Crippen molar-refractivity contribution in [3.05, 3.63) is 22.7 Å². The third-order valence-electron chi connectivity index (χ3n) is 4.25. The van der Waals surface area contributed by atoms with E-state index in [-0.39, 0.29) is 0 Å². The van der Waals surface area contributed by atoms with E-state index in [0.717, 1.165) is 19.3 Å². The van der Waals surface area contributed by atoms with Gasteiger partial charge in [0.15, 0.2) is 11.5 Å². The molecular formula is C15H17ClO4. The van der Waals surface area contributed by atoms with Crippen molar-refractivity contribution >= 4 is 17.6 Å². The maximum absolute atomic E-state index is 12.0. The minimum atomic E-state index is -0.943. The zero-order valence-electron chi connectivity index (χ0n) is 11.2. The SMILES string of the molecule is O=C(O)C1(c2c(Cl)ccc3c2OCCO3)CCCCC1. The molecule has 1 N–H and O–H groups in total. The van der Waals surface area contributed by atoms with E-state index < -0.39 is 11.4 Å². The van der Waals surface area contributed by atoms with Gasteiger partial charge >= 0.3 is 5.97 Å². The van der Waals surface area contributed by atoms with Crippen molar-refractivity contribution in [1.82, 2.24) is 0 Å². The molecule has 0 radical (unpaired) electrons. The molecule has 1 heterocycles. The van der Waals surface area contributed by atoms with Crippen LogP contribution < -0.4 is 9.47 Å². The lowest BCUT2D eigenvalue weighted by Crippen LogP contribution is -2.39. The zero-order chi connectivity index (χ0) is 14.2. The van der Waals surface area contributed by atoms with Gasteiger partial charge in [0.25, 0.3) is 0 Å². The first kappa shape index (κ1) is 13.6. The Hall–Kier alpha value is -1.42. The average Bonchev–Trinajstić information content (AvgIpc) is 2.47. The number of aliphatic carboxylic acids is 1. The molecule has 20 heavy (non-hydrogen) atoms. The topological polar surface area (TPSA) is 55.8 Å². The van der Waals surface area contributed by atoms with E-state index in [0.29, 0.717) is 48.1 Å². The standard InChI is InChI=1S/C15H17ClO4/c16-10-4-5-11-13(20-9-8-19-11)12(10)15(14(17)18)6-2-1-3-7-15/h4-5H,1-3,6-9H2,(H,17,18).